The minimum atomic E-state index is -0.862. The summed E-state index contributed by atoms with van der Waals surface area (Å²) in [5.74, 6) is -0.507. The number of hydrogen-bond acceptors (Lipinski definition) is 6. The first-order valence-corrected chi connectivity index (χ1v) is 13.2. The van der Waals surface area contributed by atoms with Crippen LogP contribution in [0.25, 0.3) is 10.2 Å². The molecule has 1 aromatic heterocycles. The van der Waals surface area contributed by atoms with Crippen molar-refractivity contribution in [1.82, 2.24) is 10.3 Å². The summed E-state index contributed by atoms with van der Waals surface area (Å²) in [7, 11) is 0. The maximum Gasteiger partial charge on any atom is 0.408 e. The van der Waals surface area contributed by atoms with Gasteiger partial charge in [-0.15, -0.1) is 11.3 Å². The second-order valence-electron chi connectivity index (χ2n) is 9.80. The second kappa shape index (κ2) is 12.0. The first-order chi connectivity index (χ1) is 17.8. The zero-order valence-electron chi connectivity index (χ0n) is 21.3. The molecule has 0 saturated carbocycles. The average molecular weight is 517 g/mol. The lowest BCUT2D eigenvalue weighted by molar-refractivity contribution is -0.150. The maximum atomic E-state index is 13.5. The number of para-hydroxylation sites is 1. The molecule has 6 nitrogen and oxygen atoms in total. The van der Waals surface area contributed by atoms with Gasteiger partial charge in [0.05, 0.1) is 15.2 Å². The topological polar surface area (TPSA) is 77.5 Å². The molecule has 0 aliphatic heterocycles. The van der Waals surface area contributed by atoms with Crippen molar-refractivity contribution in [3.05, 3.63) is 101 Å². The predicted octanol–water partition coefficient (Wildman–Crippen LogP) is 6.85. The first-order valence-electron chi connectivity index (χ1n) is 12.4. The highest BCUT2D eigenvalue weighted by Gasteiger charge is 2.28. The van der Waals surface area contributed by atoms with Crippen molar-refractivity contribution in [2.24, 2.45) is 0 Å². The van der Waals surface area contributed by atoms with Crippen molar-refractivity contribution in [2.45, 2.75) is 57.8 Å². The largest absolute Gasteiger partial charge is 0.451 e. The number of ether oxygens (including phenoxy) is 2. The van der Waals surface area contributed by atoms with Crippen LogP contribution < -0.4 is 5.32 Å². The SMILES string of the molecule is CC(C)(C)OC(=O)N[C@H](CCCc1nc2ccccc2s1)C(=O)OC(c1ccccc1)c1ccccc1. The van der Waals surface area contributed by atoms with Gasteiger partial charge in [0.1, 0.15) is 11.6 Å². The van der Waals surface area contributed by atoms with E-state index in [-0.39, 0.29) is 0 Å². The van der Waals surface area contributed by atoms with Crippen molar-refractivity contribution >= 4 is 33.6 Å². The molecule has 1 amide bonds. The van der Waals surface area contributed by atoms with Gasteiger partial charge in [0, 0.05) is 0 Å². The smallest absolute Gasteiger partial charge is 0.408 e. The molecule has 0 radical (unpaired) electrons. The van der Waals surface area contributed by atoms with E-state index >= 15 is 0 Å². The van der Waals surface area contributed by atoms with Gasteiger partial charge in [-0.2, -0.15) is 0 Å². The second-order valence-corrected chi connectivity index (χ2v) is 10.9. The van der Waals surface area contributed by atoms with Crippen LogP contribution in [-0.2, 0) is 20.7 Å². The van der Waals surface area contributed by atoms with Crippen LogP contribution in [0.5, 0.6) is 0 Å². The van der Waals surface area contributed by atoms with E-state index in [1.165, 1.54) is 0 Å². The van der Waals surface area contributed by atoms with Crippen LogP contribution in [0.4, 0.5) is 4.79 Å². The summed E-state index contributed by atoms with van der Waals surface area (Å²) in [6.45, 7) is 5.36. The van der Waals surface area contributed by atoms with Gasteiger partial charge in [0.25, 0.3) is 0 Å². The molecule has 1 N–H and O–H groups in total. The normalized spacial score (nSPS) is 12.3. The Labute approximate surface area is 221 Å². The van der Waals surface area contributed by atoms with Gasteiger partial charge in [0.2, 0.25) is 0 Å². The molecule has 0 spiro atoms. The minimum Gasteiger partial charge on any atom is -0.451 e. The third-order valence-corrected chi connectivity index (χ3v) is 6.73. The van der Waals surface area contributed by atoms with Gasteiger partial charge >= 0.3 is 12.1 Å². The van der Waals surface area contributed by atoms with E-state index < -0.39 is 29.8 Å². The molecule has 192 valence electrons. The molecule has 0 bridgehead atoms. The standard InChI is InChI=1S/C30H32N2O4S/c1-30(2,3)36-29(34)32-24(18-12-20-26-31-23-17-10-11-19-25(23)37-26)28(33)35-27(21-13-6-4-7-14-21)22-15-8-5-9-16-22/h4-11,13-17,19,24,27H,12,18,20H2,1-3H3,(H,32,34)/t24-/m1/s1. The van der Waals surface area contributed by atoms with E-state index in [4.69, 9.17) is 9.47 Å². The monoisotopic (exact) mass is 516 g/mol. The summed E-state index contributed by atoms with van der Waals surface area (Å²) in [5, 5.41) is 3.74. The highest BCUT2D eigenvalue weighted by molar-refractivity contribution is 7.18. The molecular formula is C30H32N2O4S. The highest BCUT2D eigenvalue weighted by Crippen LogP contribution is 2.27. The molecule has 3 aromatic carbocycles. The van der Waals surface area contributed by atoms with Crippen LogP contribution in [0.15, 0.2) is 84.9 Å². The summed E-state index contributed by atoms with van der Waals surface area (Å²) in [6, 6.07) is 26.3. The summed E-state index contributed by atoms with van der Waals surface area (Å²) in [5.41, 5.74) is 2.00. The Bertz CT molecular complexity index is 1240. The number of alkyl carbamates (subject to hydrolysis) is 1. The number of nitrogens with zero attached hydrogens (tertiary/aromatic N) is 1. The van der Waals surface area contributed by atoms with Gasteiger partial charge in [-0.3, -0.25) is 0 Å². The van der Waals surface area contributed by atoms with E-state index in [1.54, 1.807) is 32.1 Å². The molecule has 7 heteroatoms. The number of carbonyl (C=O) groups is 2. The minimum absolute atomic E-state index is 0.393. The van der Waals surface area contributed by atoms with Crippen LogP contribution in [-0.4, -0.2) is 28.7 Å². The van der Waals surface area contributed by atoms with Crippen molar-refractivity contribution < 1.29 is 19.1 Å². The fraction of sp³-hybridized carbons (Fsp3) is 0.300. The molecule has 0 saturated heterocycles. The van der Waals surface area contributed by atoms with Crippen LogP contribution in [0.3, 0.4) is 0 Å². The highest BCUT2D eigenvalue weighted by atomic mass is 32.1. The Morgan fingerprint density at radius 3 is 2.08 bits per heavy atom. The number of amides is 1. The maximum absolute atomic E-state index is 13.5. The molecule has 1 heterocycles. The van der Waals surface area contributed by atoms with Gasteiger partial charge < -0.3 is 14.8 Å². The zero-order chi connectivity index (χ0) is 26.3. The van der Waals surface area contributed by atoms with Gasteiger partial charge in [-0.1, -0.05) is 72.8 Å². The number of esters is 1. The third-order valence-electron chi connectivity index (χ3n) is 5.64. The number of thiazole rings is 1. The van der Waals surface area contributed by atoms with E-state index in [0.717, 1.165) is 26.4 Å². The molecule has 0 unspecified atom stereocenters. The lowest BCUT2D eigenvalue weighted by Crippen LogP contribution is -2.44. The quantitative estimate of drug-likeness (QED) is 0.246. The number of rotatable bonds is 9. The van der Waals surface area contributed by atoms with E-state index in [2.05, 4.69) is 10.3 Å². The van der Waals surface area contributed by atoms with Crippen LogP contribution in [0.1, 0.15) is 55.9 Å². The Kier molecular flexibility index (Phi) is 8.56. The van der Waals surface area contributed by atoms with Crippen LogP contribution in [0, 0.1) is 0 Å². The summed E-state index contributed by atoms with van der Waals surface area (Å²) >= 11 is 1.64. The fourth-order valence-corrected chi connectivity index (χ4v) is 4.97. The summed E-state index contributed by atoms with van der Waals surface area (Å²) < 4.78 is 12.6. The Morgan fingerprint density at radius 2 is 1.49 bits per heavy atom. The number of hydrogen-bond donors (Lipinski definition) is 1. The zero-order valence-corrected chi connectivity index (χ0v) is 22.2. The van der Waals surface area contributed by atoms with Gasteiger partial charge in [0.15, 0.2) is 6.10 Å². The van der Waals surface area contributed by atoms with Crippen LogP contribution in [0.2, 0.25) is 0 Å². The predicted molar refractivity (Wildman–Crippen MR) is 147 cm³/mol. The first kappa shape index (κ1) is 26.4. The van der Waals surface area contributed by atoms with Crippen molar-refractivity contribution in [2.75, 3.05) is 0 Å². The summed E-state index contributed by atoms with van der Waals surface area (Å²) in [6.07, 6.45) is 0.494. The molecule has 1 atom stereocenters. The average Bonchev–Trinajstić information content (AvgIpc) is 3.29. The van der Waals surface area contributed by atoms with Crippen molar-refractivity contribution in [3.63, 3.8) is 0 Å². The number of fused-ring (bicyclic) bond motifs is 1. The molecular weight excluding hydrogens is 484 g/mol. The number of nitrogens with one attached hydrogen (secondary N) is 1. The fourth-order valence-electron chi connectivity index (χ4n) is 3.97. The van der Waals surface area contributed by atoms with Crippen molar-refractivity contribution in [3.8, 4) is 0 Å². The van der Waals surface area contributed by atoms with Gasteiger partial charge in [-0.25, -0.2) is 14.6 Å². The van der Waals surface area contributed by atoms with E-state index in [9.17, 15) is 9.59 Å². The molecule has 0 aliphatic carbocycles. The number of aromatic nitrogens is 1. The molecule has 0 fully saturated rings. The molecule has 37 heavy (non-hydrogen) atoms. The Balaban J connectivity index is 1.49. The number of aryl methyl sites for hydroxylation is 1. The van der Waals surface area contributed by atoms with Crippen LogP contribution >= 0.6 is 11.3 Å². The number of benzene rings is 3. The molecule has 0 aliphatic rings. The van der Waals surface area contributed by atoms with Gasteiger partial charge in [-0.05, 0) is 63.3 Å². The Morgan fingerprint density at radius 1 is 0.892 bits per heavy atom. The molecule has 4 aromatic rings. The number of carbonyl (C=O) groups excluding carboxylic acids is 2. The molecule has 4 rings (SSSR count). The third kappa shape index (κ3) is 7.64. The summed E-state index contributed by atoms with van der Waals surface area (Å²) in [4.78, 5) is 30.8. The van der Waals surface area contributed by atoms with E-state index in [0.29, 0.717) is 19.3 Å². The lowest BCUT2D eigenvalue weighted by atomic mass is 10.0. The lowest BCUT2D eigenvalue weighted by Gasteiger charge is -2.25. The van der Waals surface area contributed by atoms with Crippen molar-refractivity contribution in [1.29, 1.82) is 0 Å². The van der Waals surface area contributed by atoms with E-state index in [1.807, 2.05) is 84.9 Å². The Hall–Kier alpha value is -3.71.